The third-order valence-corrected chi connectivity index (χ3v) is 4.51. The molecule has 1 heterocycles. The largest absolute Gasteiger partial charge is 0.380 e. The summed E-state index contributed by atoms with van der Waals surface area (Å²) < 4.78 is 5.47. The van der Waals surface area contributed by atoms with Gasteiger partial charge in [0.1, 0.15) is 5.54 Å². The molecular weight excluding hydrogens is 226 g/mol. The van der Waals surface area contributed by atoms with E-state index in [9.17, 15) is 5.26 Å². The van der Waals surface area contributed by atoms with Gasteiger partial charge in [-0.2, -0.15) is 5.26 Å². The van der Waals surface area contributed by atoms with Gasteiger partial charge in [0.15, 0.2) is 0 Å². The lowest BCUT2D eigenvalue weighted by Crippen LogP contribution is -2.53. The Morgan fingerprint density at radius 1 is 1.44 bits per heavy atom. The van der Waals surface area contributed by atoms with Gasteiger partial charge in [0.2, 0.25) is 0 Å². The van der Waals surface area contributed by atoms with Crippen molar-refractivity contribution in [2.75, 3.05) is 26.8 Å². The topological polar surface area (TPSA) is 48.3 Å². The fourth-order valence-corrected chi connectivity index (χ4v) is 3.37. The van der Waals surface area contributed by atoms with Crippen molar-refractivity contribution in [3.63, 3.8) is 0 Å². The Hall–Kier alpha value is -0.630. The van der Waals surface area contributed by atoms with Crippen LogP contribution in [0.3, 0.4) is 0 Å². The first-order valence-electron chi connectivity index (χ1n) is 7.17. The number of rotatable bonds is 4. The molecule has 3 unspecified atom stereocenters. The summed E-state index contributed by atoms with van der Waals surface area (Å²) in [6.45, 7) is 4.69. The first-order valence-corrected chi connectivity index (χ1v) is 7.17. The van der Waals surface area contributed by atoms with Crippen molar-refractivity contribution < 1.29 is 4.74 Å². The number of hydrogen-bond acceptors (Lipinski definition) is 4. The molecule has 0 bridgehead atoms. The molecule has 3 atom stereocenters. The highest BCUT2D eigenvalue weighted by atomic mass is 16.5. The fraction of sp³-hybridized carbons (Fsp3) is 0.929. The number of nitriles is 1. The first-order chi connectivity index (χ1) is 8.71. The van der Waals surface area contributed by atoms with E-state index in [-0.39, 0.29) is 5.54 Å². The van der Waals surface area contributed by atoms with E-state index >= 15 is 0 Å². The molecule has 2 aliphatic rings. The van der Waals surface area contributed by atoms with Gasteiger partial charge < -0.3 is 4.74 Å². The molecule has 2 rings (SSSR count). The third kappa shape index (κ3) is 2.85. The van der Waals surface area contributed by atoms with Crippen LogP contribution in [0.15, 0.2) is 0 Å². The van der Waals surface area contributed by atoms with Gasteiger partial charge >= 0.3 is 0 Å². The van der Waals surface area contributed by atoms with Crippen LogP contribution in [0.4, 0.5) is 0 Å². The summed E-state index contributed by atoms with van der Waals surface area (Å²) in [6, 6.07) is 3.59. The van der Waals surface area contributed by atoms with E-state index in [1.807, 2.05) is 0 Å². The first kappa shape index (κ1) is 13.8. The van der Waals surface area contributed by atoms with Gasteiger partial charge in [0.05, 0.1) is 12.7 Å². The summed E-state index contributed by atoms with van der Waals surface area (Å²) in [5.41, 5.74) is -0.300. The molecule has 0 aromatic heterocycles. The van der Waals surface area contributed by atoms with Gasteiger partial charge in [-0.1, -0.05) is 6.92 Å². The molecule has 1 saturated carbocycles. The Kier molecular flexibility index (Phi) is 4.60. The molecule has 4 heteroatoms. The predicted octanol–water partition coefficient (Wildman–Crippen LogP) is 1.52. The Balaban J connectivity index is 1.99. The fourth-order valence-electron chi connectivity index (χ4n) is 3.37. The molecule has 102 valence electrons. The van der Waals surface area contributed by atoms with E-state index in [1.165, 1.54) is 6.42 Å². The normalized spacial score (nSPS) is 36.8. The van der Waals surface area contributed by atoms with Crippen LogP contribution < -0.4 is 5.32 Å². The molecule has 0 aromatic carbocycles. The molecule has 18 heavy (non-hydrogen) atoms. The van der Waals surface area contributed by atoms with Gasteiger partial charge in [-0.15, -0.1) is 0 Å². The molecule has 1 aliphatic carbocycles. The average Bonchev–Trinajstić information content (AvgIpc) is 2.92. The maximum absolute atomic E-state index is 9.48. The van der Waals surface area contributed by atoms with Crippen molar-refractivity contribution in [1.29, 1.82) is 5.26 Å². The van der Waals surface area contributed by atoms with E-state index in [2.05, 4.69) is 30.3 Å². The molecular formula is C14H25N3O. The van der Waals surface area contributed by atoms with Crippen molar-refractivity contribution in [2.24, 2.45) is 0 Å². The second-order valence-corrected chi connectivity index (χ2v) is 5.66. The number of likely N-dealkylation sites (N-methyl/N-ethyl adjacent to an activating group) is 1. The Bertz CT molecular complexity index is 305. The van der Waals surface area contributed by atoms with Crippen molar-refractivity contribution in [3.8, 4) is 6.07 Å². The molecule has 1 aliphatic heterocycles. The summed E-state index contributed by atoms with van der Waals surface area (Å²) in [5.74, 6) is 0. The summed E-state index contributed by atoms with van der Waals surface area (Å²) in [5, 5.41) is 12.9. The van der Waals surface area contributed by atoms with Gasteiger partial charge in [0, 0.05) is 18.7 Å². The van der Waals surface area contributed by atoms with E-state index in [1.54, 1.807) is 0 Å². The maximum atomic E-state index is 9.48. The minimum Gasteiger partial charge on any atom is -0.380 e. The zero-order valence-corrected chi connectivity index (χ0v) is 11.6. The molecule has 0 radical (unpaired) electrons. The van der Waals surface area contributed by atoms with Crippen LogP contribution in [-0.4, -0.2) is 49.3 Å². The number of hydrogen-bond donors (Lipinski definition) is 1. The zero-order valence-electron chi connectivity index (χ0n) is 11.6. The molecule has 0 spiro atoms. The van der Waals surface area contributed by atoms with Crippen LogP contribution in [0.5, 0.6) is 0 Å². The van der Waals surface area contributed by atoms with E-state index in [0.717, 1.165) is 45.4 Å². The minimum atomic E-state index is -0.300. The van der Waals surface area contributed by atoms with Crippen LogP contribution in [0.25, 0.3) is 0 Å². The molecule has 0 aromatic rings. The zero-order chi connectivity index (χ0) is 13.0. The molecule has 1 N–H and O–H groups in total. The lowest BCUT2D eigenvalue weighted by Gasteiger charge is -2.42. The molecule has 4 nitrogen and oxygen atoms in total. The van der Waals surface area contributed by atoms with E-state index in [4.69, 9.17) is 4.74 Å². The van der Waals surface area contributed by atoms with Crippen LogP contribution in [0.1, 0.15) is 39.0 Å². The smallest absolute Gasteiger partial charge is 0.108 e. The lowest BCUT2D eigenvalue weighted by molar-refractivity contribution is 0.0922. The van der Waals surface area contributed by atoms with Gasteiger partial charge in [-0.25, -0.2) is 0 Å². The predicted molar refractivity (Wildman–Crippen MR) is 71.3 cm³/mol. The van der Waals surface area contributed by atoms with Gasteiger partial charge in [-0.3, -0.25) is 10.2 Å². The standard InChI is InChI=1S/C14H25N3O/c1-3-16-14(11-15)7-4-5-12(9-14)17(2)13-6-8-18-10-13/h12-13,16H,3-10H2,1-2H3. The third-order valence-electron chi connectivity index (χ3n) is 4.51. The Morgan fingerprint density at radius 3 is 2.89 bits per heavy atom. The van der Waals surface area contributed by atoms with Crippen molar-refractivity contribution in [2.45, 2.75) is 56.7 Å². The summed E-state index contributed by atoms with van der Waals surface area (Å²) in [6.07, 6.45) is 5.42. The van der Waals surface area contributed by atoms with Crippen LogP contribution in [0, 0.1) is 11.3 Å². The highest BCUT2D eigenvalue weighted by Crippen LogP contribution is 2.32. The second kappa shape index (κ2) is 6.01. The molecule has 1 saturated heterocycles. The van der Waals surface area contributed by atoms with Gasteiger partial charge in [0.25, 0.3) is 0 Å². The molecule has 2 fully saturated rings. The van der Waals surface area contributed by atoms with E-state index < -0.39 is 0 Å². The van der Waals surface area contributed by atoms with Crippen LogP contribution >= 0.6 is 0 Å². The lowest BCUT2D eigenvalue weighted by atomic mass is 9.79. The molecule has 0 amide bonds. The number of nitrogens with one attached hydrogen (secondary N) is 1. The van der Waals surface area contributed by atoms with Crippen molar-refractivity contribution >= 4 is 0 Å². The quantitative estimate of drug-likeness (QED) is 0.823. The SMILES string of the molecule is CCNC1(C#N)CCCC(N(C)C2CCOC2)C1. The number of ether oxygens (including phenoxy) is 1. The summed E-state index contributed by atoms with van der Waals surface area (Å²) in [4.78, 5) is 2.45. The highest BCUT2D eigenvalue weighted by Gasteiger charge is 2.39. The second-order valence-electron chi connectivity index (χ2n) is 5.66. The highest BCUT2D eigenvalue weighted by molar-refractivity contribution is 5.11. The number of nitrogens with zero attached hydrogens (tertiary/aromatic N) is 2. The Labute approximate surface area is 110 Å². The summed E-state index contributed by atoms with van der Waals surface area (Å²) in [7, 11) is 2.20. The maximum Gasteiger partial charge on any atom is 0.108 e. The van der Waals surface area contributed by atoms with Crippen LogP contribution in [0.2, 0.25) is 0 Å². The van der Waals surface area contributed by atoms with Gasteiger partial charge in [-0.05, 0) is 45.7 Å². The van der Waals surface area contributed by atoms with Crippen LogP contribution in [-0.2, 0) is 4.74 Å². The monoisotopic (exact) mass is 251 g/mol. The van der Waals surface area contributed by atoms with E-state index in [0.29, 0.717) is 12.1 Å². The van der Waals surface area contributed by atoms with Crippen molar-refractivity contribution in [3.05, 3.63) is 0 Å². The summed E-state index contributed by atoms with van der Waals surface area (Å²) >= 11 is 0. The van der Waals surface area contributed by atoms with Crippen molar-refractivity contribution in [1.82, 2.24) is 10.2 Å². The average molecular weight is 251 g/mol. The minimum absolute atomic E-state index is 0.300. The Morgan fingerprint density at radius 2 is 2.28 bits per heavy atom.